The van der Waals surface area contributed by atoms with E-state index in [0.29, 0.717) is 27.7 Å². The van der Waals surface area contributed by atoms with Crippen LogP contribution in [-0.2, 0) is 0 Å². The van der Waals surface area contributed by atoms with Crippen molar-refractivity contribution in [1.29, 1.82) is 0 Å². The van der Waals surface area contributed by atoms with Gasteiger partial charge in [0.1, 0.15) is 29.5 Å². The number of rotatable bonds is 5. The molecule has 0 saturated carbocycles. The van der Waals surface area contributed by atoms with Crippen LogP contribution in [0.3, 0.4) is 0 Å². The highest BCUT2D eigenvalue weighted by atomic mass is 35.5. The number of hydrazone groups is 1. The second-order valence-electron chi connectivity index (χ2n) is 5.70. The van der Waals surface area contributed by atoms with Crippen molar-refractivity contribution in [3.05, 3.63) is 77.6 Å². The van der Waals surface area contributed by atoms with Crippen LogP contribution in [0.5, 0.6) is 0 Å². The lowest BCUT2D eigenvalue weighted by Crippen LogP contribution is -2.01. The van der Waals surface area contributed by atoms with Crippen molar-refractivity contribution in [3.63, 3.8) is 0 Å². The molecule has 0 saturated heterocycles. The molecule has 0 fully saturated rings. The fourth-order valence-corrected chi connectivity index (χ4v) is 2.66. The molecule has 2 N–H and O–H groups in total. The smallest absolute Gasteiger partial charge is 0.176 e. The summed E-state index contributed by atoms with van der Waals surface area (Å²) in [5.74, 6) is 0.628. The van der Waals surface area contributed by atoms with Crippen molar-refractivity contribution >= 4 is 46.2 Å². The number of hydrogen-bond donors (Lipinski definition) is 2. The summed E-state index contributed by atoms with van der Waals surface area (Å²) in [6.45, 7) is 0. The minimum atomic E-state index is -0.302. The average molecular weight is 394 g/mol. The van der Waals surface area contributed by atoms with E-state index in [9.17, 15) is 4.39 Å². The van der Waals surface area contributed by atoms with Gasteiger partial charge in [-0.05, 0) is 35.9 Å². The second kappa shape index (κ2) is 7.93. The number of halogens is 2. The Hall–Kier alpha value is -3.65. The third-order valence-corrected chi connectivity index (χ3v) is 4.00. The van der Waals surface area contributed by atoms with Crippen molar-refractivity contribution in [1.82, 2.24) is 19.9 Å². The molecule has 0 radical (unpaired) electrons. The maximum atomic E-state index is 13.0. The van der Waals surface area contributed by atoms with Crippen LogP contribution >= 0.6 is 11.6 Å². The third-order valence-electron chi connectivity index (χ3n) is 3.76. The second-order valence-corrected chi connectivity index (χ2v) is 6.14. The van der Waals surface area contributed by atoms with E-state index in [-0.39, 0.29) is 5.82 Å². The molecule has 0 amide bonds. The van der Waals surface area contributed by atoms with Gasteiger partial charge in [-0.1, -0.05) is 29.8 Å². The molecule has 0 unspecified atom stereocenters. The van der Waals surface area contributed by atoms with Crippen LogP contribution in [0.2, 0.25) is 5.02 Å². The number of aromatic nitrogens is 4. The van der Waals surface area contributed by atoms with E-state index in [0.717, 1.165) is 11.3 Å². The zero-order valence-corrected chi connectivity index (χ0v) is 15.1. The predicted molar refractivity (Wildman–Crippen MR) is 107 cm³/mol. The van der Waals surface area contributed by atoms with Gasteiger partial charge in [0.05, 0.1) is 6.21 Å². The lowest BCUT2D eigenvalue weighted by molar-refractivity contribution is 0.628. The minimum Gasteiger partial charge on any atom is -0.338 e. The molecule has 4 rings (SSSR count). The van der Waals surface area contributed by atoms with E-state index in [1.165, 1.54) is 24.8 Å². The largest absolute Gasteiger partial charge is 0.338 e. The van der Waals surface area contributed by atoms with Crippen molar-refractivity contribution in [3.8, 4) is 0 Å². The summed E-state index contributed by atoms with van der Waals surface area (Å²) in [6, 6.07) is 13.2. The molecule has 0 aliphatic heterocycles. The summed E-state index contributed by atoms with van der Waals surface area (Å²) >= 11 is 6.03. The molecule has 0 aliphatic carbocycles. The highest BCUT2D eigenvalue weighted by Crippen LogP contribution is 2.25. The van der Waals surface area contributed by atoms with Crippen molar-refractivity contribution in [2.75, 3.05) is 10.7 Å². The third kappa shape index (κ3) is 4.02. The molecule has 0 bridgehead atoms. The van der Waals surface area contributed by atoms with E-state index >= 15 is 0 Å². The summed E-state index contributed by atoms with van der Waals surface area (Å²) < 4.78 is 13.0. The van der Waals surface area contributed by atoms with Crippen molar-refractivity contribution in [2.45, 2.75) is 0 Å². The first-order valence-corrected chi connectivity index (χ1v) is 8.60. The van der Waals surface area contributed by atoms with E-state index in [1.807, 2.05) is 12.1 Å². The van der Waals surface area contributed by atoms with Gasteiger partial charge >= 0.3 is 0 Å². The fourth-order valence-electron chi connectivity index (χ4n) is 2.47. The number of fused-ring (bicyclic) bond motifs is 1. The Labute approximate surface area is 164 Å². The summed E-state index contributed by atoms with van der Waals surface area (Å²) in [7, 11) is 0. The molecule has 2 heterocycles. The molecule has 28 heavy (non-hydrogen) atoms. The topological polar surface area (TPSA) is 88.0 Å². The van der Waals surface area contributed by atoms with Gasteiger partial charge in [0, 0.05) is 10.7 Å². The quantitative estimate of drug-likeness (QED) is 0.386. The van der Waals surface area contributed by atoms with Gasteiger partial charge in [0.2, 0.25) is 0 Å². The van der Waals surface area contributed by atoms with Gasteiger partial charge in [0.25, 0.3) is 0 Å². The average Bonchev–Trinajstić information content (AvgIpc) is 2.70. The van der Waals surface area contributed by atoms with Crippen LogP contribution in [0.4, 0.5) is 21.7 Å². The molecule has 0 aliphatic rings. The van der Waals surface area contributed by atoms with Gasteiger partial charge in [-0.2, -0.15) is 5.10 Å². The molecule has 0 atom stereocenters. The lowest BCUT2D eigenvalue weighted by Gasteiger charge is -2.09. The Morgan fingerprint density at radius 2 is 1.61 bits per heavy atom. The fraction of sp³-hybridized carbons (Fsp3) is 0. The molecule has 9 heteroatoms. The summed E-state index contributed by atoms with van der Waals surface area (Å²) in [4.78, 5) is 17.0. The highest BCUT2D eigenvalue weighted by Gasteiger charge is 2.10. The summed E-state index contributed by atoms with van der Waals surface area (Å²) in [6.07, 6.45) is 4.36. The number of hydrogen-bond acceptors (Lipinski definition) is 7. The zero-order valence-electron chi connectivity index (χ0n) is 14.3. The number of nitrogens with zero attached hydrogens (tertiary/aromatic N) is 5. The molecular weight excluding hydrogens is 381 g/mol. The van der Waals surface area contributed by atoms with Crippen molar-refractivity contribution in [2.24, 2.45) is 5.10 Å². The van der Waals surface area contributed by atoms with Gasteiger partial charge in [-0.15, -0.1) is 0 Å². The predicted octanol–water partition coefficient (Wildman–Crippen LogP) is 4.40. The molecule has 0 spiro atoms. The summed E-state index contributed by atoms with van der Waals surface area (Å²) in [5, 5.41) is 7.91. The van der Waals surface area contributed by atoms with Gasteiger partial charge in [0.15, 0.2) is 11.6 Å². The summed E-state index contributed by atoms with van der Waals surface area (Å²) in [5.41, 5.74) is 5.37. The van der Waals surface area contributed by atoms with Gasteiger partial charge < -0.3 is 5.32 Å². The first-order chi connectivity index (χ1) is 13.7. The van der Waals surface area contributed by atoms with Crippen LogP contribution in [0.1, 0.15) is 5.56 Å². The van der Waals surface area contributed by atoms with Crippen LogP contribution < -0.4 is 10.7 Å². The molecule has 7 nitrogen and oxygen atoms in total. The molecule has 2 aromatic heterocycles. The van der Waals surface area contributed by atoms with Gasteiger partial charge in [-0.25, -0.2) is 24.3 Å². The Kier molecular flexibility index (Phi) is 5.03. The Balaban J connectivity index is 1.60. The van der Waals surface area contributed by atoms with Crippen LogP contribution in [0.15, 0.2) is 66.3 Å². The standard InChI is InChI=1S/C19H13ClFN7/c20-13-2-1-3-15(8-13)27-18-16-17(23-10-24-18)19(25-11-22-16)28-26-9-12-4-6-14(21)7-5-12/h1-11H,(H,22,25,28)(H,23,24,27)/b26-9+. The van der Waals surface area contributed by atoms with Crippen LogP contribution in [0.25, 0.3) is 11.0 Å². The number of anilines is 3. The van der Waals surface area contributed by atoms with Gasteiger partial charge in [-0.3, -0.25) is 5.43 Å². The molecular formula is C19H13ClFN7. The van der Waals surface area contributed by atoms with E-state index in [2.05, 4.69) is 35.8 Å². The maximum Gasteiger partial charge on any atom is 0.176 e. The first-order valence-electron chi connectivity index (χ1n) is 8.22. The monoisotopic (exact) mass is 393 g/mol. The van der Waals surface area contributed by atoms with Crippen molar-refractivity contribution < 1.29 is 4.39 Å². The van der Waals surface area contributed by atoms with E-state index in [4.69, 9.17) is 11.6 Å². The molecule has 4 aromatic rings. The highest BCUT2D eigenvalue weighted by molar-refractivity contribution is 6.30. The maximum absolute atomic E-state index is 13.0. The minimum absolute atomic E-state index is 0.302. The lowest BCUT2D eigenvalue weighted by atomic mass is 10.2. The SMILES string of the molecule is Fc1ccc(/C=N/Nc2ncnc3c(Nc4cccc(Cl)c4)ncnc23)cc1. The Morgan fingerprint density at radius 3 is 2.36 bits per heavy atom. The zero-order chi connectivity index (χ0) is 19.3. The molecule has 2 aromatic carbocycles. The molecule has 138 valence electrons. The van der Waals surface area contributed by atoms with Crippen LogP contribution in [0, 0.1) is 5.82 Å². The first kappa shape index (κ1) is 17.7. The normalized spacial score (nSPS) is 11.1. The van der Waals surface area contributed by atoms with E-state index in [1.54, 1.807) is 30.5 Å². The number of nitrogens with one attached hydrogen (secondary N) is 2. The number of benzene rings is 2. The Bertz CT molecular complexity index is 1150. The Morgan fingerprint density at radius 1 is 0.893 bits per heavy atom. The van der Waals surface area contributed by atoms with E-state index < -0.39 is 0 Å². The van der Waals surface area contributed by atoms with Crippen LogP contribution in [-0.4, -0.2) is 26.2 Å².